The summed E-state index contributed by atoms with van der Waals surface area (Å²) in [6.45, 7) is 4.37. The first-order chi connectivity index (χ1) is 9.20. The van der Waals surface area contributed by atoms with Crippen molar-refractivity contribution in [2.75, 3.05) is 26.8 Å². The molecular weight excluding hydrogens is 240 g/mol. The van der Waals surface area contributed by atoms with E-state index < -0.39 is 0 Å². The van der Waals surface area contributed by atoms with Crippen LogP contribution in [0.2, 0.25) is 0 Å². The van der Waals surface area contributed by atoms with Crippen molar-refractivity contribution < 1.29 is 9.53 Å². The molecule has 1 amide bonds. The van der Waals surface area contributed by atoms with Crippen LogP contribution in [0.3, 0.4) is 0 Å². The highest BCUT2D eigenvalue weighted by atomic mass is 16.5. The molecule has 2 rings (SSSR count). The molecule has 1 aliphatic heterocycles. The lowest BCUT2D eigenvalue weighted by atomic mass is 9.81. The Kier molecular flexibility index (Phi) is 5.64. The van der Waals surface area contributed by atoms with Gasteiger partial charge in [0, 0.05) is 12.6 Å². The van der Waals surface area contributed by atoms with Crippen molar-refractivity contribution in [3.05, 3.63) is 0 Å². The second-order valence-corrected chi connectivity index (χ2v) is 6.26. The number of hydrogen-bond donors (Lipinski definition) is 2. The molecule has 2 N–H and O–H groups in total. The molecule has 4 nitrogen and oxygen atoms in total. The minimum Gasteiger partial charge on any atom is -0.379 e. The predicted octanol–water partition coefficient (Wildman–Crippen LogP) is 1.55. The van der Waals surface area contributed by atoms with E-state index in [0.717, 1.165) is 24.8 Å². The Hall–Kier alpha value is -0.610. The highest BCUT2D eigenvalue weighted by Gasteiger charge is 2.32. The third kappa shape index (κ3) is 4.18. The van der Waals surface area contributed by atoms with Crippen molar-refractivity contribution in [2.45, 2.75) is 45.1 Å². The van der Waals surface area contributed by atoms with Gasteiger partial charge in [0.1, 0.15) is 0 Å². The smallest absolute Gasteiger partial charge is 0.227 e. The van der Waals surface area contributed by atoms with Crippen LogP contribution in [0.1, 0.15) is 39.0 Å². The van der Waals surface area contributed by atoms with Crippen molar-refractivity contribution in [3.8, 4) is 0 Å². The van der Waals surface area contributed by atoms with Crippen LogP contribution in [0, 0.1) is 17.8 Å². The minimum absolute atomic E-state index is 0.0183. The van der Waals surface area contributed by atoms with Crippen molar-refractivity contribution in [3.63, 3.8) is 0 Å². The number of likely N-dealkylation sites (N-methyl/N-ethyl adjacent to an activating group) is 1. The maximum atomic E-state index is 12.1. The second kappa shape index (κ2) is 7.25. The van der Waals surface area contributed by atoms with Gasteiger partial charge in [-0.15, -0.1) is 0 Å². The van der Waals surface area contributed by atoms with Crippen molar-refractivity contribution in [1.82, 2.24) is 10.6 Å². The molecule has 0 bridgehead atoms. The largest absolute Gasteiger partial charge is 0.379 e. The first-order valence-electron chi connectivity index (χ1n) is 7.73. The molecule has 19 heavy (non-hydrogen) atoms. The van der Waals surface area contributed by atoms with Crippen molar-refractivity contribution >= 4 is 5.91 Å². The highest BCUT2D eigenvalue weighted by molar-refractivity contribution is 5.79. The second-order valence-electron chi connectivity index (χ2n) is 6.26. The highest BCUT2D eigenvalue weighted by Crippen LogP contribution is 2.30. The fourth-order valence-electron chi connectivity index (χ4n) is 3.45. The molecule has 1 heterocycles. The zero-order valence-electron chi connectivity index (χ0n) is 12.3. The van der Waals surface area contributed by atoms with Gasteiger partial charge in [-0.05, 0) is 31.7 Å². The molecule has 4 unspecified atom stereocenters. The first-order valence-corrected chi connectivity index (χ1v) is 7.73. The molecule has 4 heteroatoms. The Morgan fingerprint density at radius 1 is 1.32 bits per heavy atom. The molecule has 2 fully saturated rings. The van der Waals surface area contributed by atoms with E-state index in [-0.39, 0.29) is 17.9 Å². The molecule has 0 aromatic rings. The number of ether oxygens (including phenoxy) is 1. The van der Waals surface area contributed by atoms with Gasteiger partial charge in [-0.3, -0.25) is 4.79 Å². The lowest BCUT2D eigenvalue weighted by Crippen LogP contribution is -2.43. The minimum atomic E-state index is -0.0183. The van der Waals surface area contributed by atoms with Gasteiger partial charge < -0.3 is 15.4 Å². The van der Waals surface area contributed by atoms with Gasteiger partial charge in [-0.2, -0.15) is 0 Å². The van der Waals surface area contributed by atoms with Crippen LogP contribution in [0.5, 0.6) is 0 Å². The third-order valence-electron chi connectivity index (χ3n) is 4.68. The van der Waals surface area contributed by atoms with Gasteiger partial charge >= 0.3 is 0 Å². The van der Waals surface area contributed by atoms with Gasteiger partial charge in [-0.25, -0.2) is 0 Å². The number of carbonyl (C=O) groups is 1. The van der Waals surface area contributed by atoms with Gasteiger partial charge in [0.05, 0.1) is 19.1 Å². The maximum Gasteiger partial charge on any atom is 0.227 e. The van der Waals surface area contributed by atoms with E-state index in [1.54, 1.807) is 0 Å². The summed E-state index contributed by atoms with van der Waals surface area (Å²) in [4.78, 5) is 12.1. The van der Waals surface area contributed by atoms with Crippen LogP contribution in [0.25, 0.3) is 0 Å². The SMILES string of the molecule is CNC1COCC1C(=O)NCCC1CCCC(C)C1. The fourth-order valence-corrected chi connectivity index (χ4v) is 3.45. The summed E-state index contributed by atoms with van der Waals surface area (Å²) in [5.41, 5.74) is 0. The number of hydrogen-bond acceptors (Lipinski definition) is 3. The molecule has 0 spiro atoms. The average molecular weight is 268 g/mol. The lowest BCUT2D eigenvalue weighted by molar-refractivity contribution is -0.125. The first kappa shape index (κ1) is 14.8. The summed E-state index contributed by atoms with van der Waals surface area (Å²) in [7, 11) is 1.89. The molecule has 1 aliphatic carbocycles. The molecular formula is C15H28N2O2. The summed E-state index contributed by atoms with van der Waals surface area (Å²) in [5.74, 6) is 1.81. The number of amides is 1. The van der Waals surface area contributed by atoms with E-state index in [4.69, 9.17) is 4.74 Å². The maximum absolute atomic E-state index is 12.1. The van der Waals surface area contributed by atoms with Gasteiger partial charge in [0.25, 0.3) is 0 Å². The molecule has 2 aliphatic rings. The van der Waals surface area contributed by atoms with Crippen LogP contribution in [0.4, 0.5) is 0 Å². The Balaban J connectivity index is 1.66. The van der Waals surface area contributed by atoms with Gasteiger partial charge in [-0.1, -0.05) is 26.2 Å². The molecule has 110 valence electrons. The monoisotopic (exact) mass is 268 g/mol. The lowest BCUT2D eigenvalue weighted by Gasteiger charge is -2.27. The topological polar surface area (TPSA) is 50.4 Å². The zero-order valence-corrected chi connectivity index (χ0v) is 12.3. The Morgan fingerprint density at radius 2 is 2.16 bits per heavy atom. The predicted molar refractivity (Wildman–Crippen MR) is 75.9 cm³/mol. The quantitative estimate of drug-likeness (QED) is 0.795. The molecule has 0 aromatic carbocycles. The molecule has 0 radical (unpaired) electrons. The molecule has 0 aromatic heterocycles. The summed E-state index contributed by atoms with van der Waals surface area (Å²) < 4.78 is 5.37. The Morgan fingerprint density at radius 3 is 2.89 bits per heavy atom. The summed E-state index contributed by atoms with van der Waals surface area (Å²) in [6.07, 6.45) is 6.55. The Labute approximate surface area is 116 Å². The average Bonchev–Trinajstić information content (AvgIpc) is 2.87. The van der Waals surface area contributed by atoms with E-state index in [1.165, 1.54) is 25.7 Å². The van der Waals surface area contributed by atoms with E-state index in [1.807, 2.05) is 7.05 Å². The Bertz CT molecular complexity index is 296. The number of carbonyl (C=O) groups excluding carboxylic acids is 1. The zero-order chi connectivity index (χ0) is 13.7. The number of rotatable bonds is 5. The van der Waals surface area contributed by atoms with Gasteiger partial charge in [0.15, 0.2) is 0 Å². The van der Waals surface area contributed by atoms with E-state index in [2.05, 4.69) is 17.6 Å². The van der Waals surface area contributed by atoms with Crippen molar-refractivity contribution in [1.29, 1.82) is 0 Å². The summed E-state index contributed by atoms with van der Waals surface area (Å²) >= 11 is 0. The van der Waals surface area contributed by atoms with Crippen molar-refractivity contribution in [2.24, 2.45) is 17.8 Å². The van der Waals surface area contributed by atoms with E-state index in [9.17, 15) is 4.79 Å². The summed E-state index contributed by atoms with van der Waals surface area (Å²) in [6, 6.07) is 0.176. The fraction of sp³-hybridized carbons (Fsp3) is 0.933. The summed E-state index contributed by atoms with van der Waals surface area (Å²) in [5, 5.41) is 6.25. The van der Waals surface area contributed by atoms with Gasteiger partial charge in [0.2, 0.25) is 5.91 Å². The standard InChI is InChI=1S/C15H28N2O2/c1-11-4-3-5-12(8-11)6-7-17-15(18)13-9-19-10-14(13)16-2/h11-14,16H,3-10H2,1-2H3,(H,17,18). The van der Waals surface area contributed by atoms with E-state index in [0.29, 0.717) is 13.2 Å². The number of nitrogens with one attached hydrogen (secondary N) is 2. The van der Waals surface area contributed by atoms with Crippen LogP contribution in [-0.4, -0.2) is 38.8 Å². The van der Waals surface area contributed by atoms with Crippen LogP contribution < -0.4 is 10.6 Å². The molecule has 4 atom stereocenters. The van der Waals surface area contributed by atoms with Crippen LogP contribution in [0.15, 0.2) is 0 Å². The third-order valence-corrected chi connectivity index (χ3v) is 4.68. The molecule has 1 saturated carbocycles. The van der Waals surface area contributed by atoms with Crippen LogP contribution >= 0.6 is 0 Å². The van der Waals surface area contributed by atoms with E-state index >= 15 is 0 Å². The van der Waals surface area contributed by atoms with Crippen LogP contribution in [-0.2, 0) is 9.53 Å². The molecule has 1 saturated heterocycles. The normalized spacial score (nSPS) is 35.3.